The van der Waals surface area contributed by atoms with E-state index in [-0.39, 0.29) is 0 Å². The maximum Gasteiger partial charge on any atom is 0.122 e. The monoisotopic (exact) mass is 266 g/mol. The van der Waals surface area contributed by atoms with Gasteiger partial charge in [-0.25, -0.2) is 0 Å². The highest BCUT2D eigenvalue weighted by atomic mass is 16.5. The van der Waals surface area contributed by atoms with E-state index in [1.54, 1.807) is 6.26 Å². The molecular weight excluding hydrogens is 240 g/mol. The Labute approximate surface area is 116 Å². The van der Waals surface area contributed by atoms with Crippen molar-refractivity contribution in [2.24, 2.45) is 5.92 Å². The molecule has 0 bridgehead atoms. The third-order valence-corrected chi connectivity index (χ3v) is 3.40. The molecule has 1 fully saturated rings. The van der Waals surface area contributed by atoms with Crippen LogP contribution in [-0.4, -0.2) is 37.2 Å². The lowest BCUT2D eigenvalue weighted by Crippen LogP contribution is -2.40. The van der Waals surface area contributed by atoms with E-state index in [0.717, 1.165) is 45.1 Å². The Morgan fingerprint density at radius 2 is 2.32 bits per heavy atom. The number of morpholine rings is 1. The lowest BCUT2D eigenvalue weighted by atomic mass is 10.2. The van der Waals surface area contributed by atoms with Crippen LogP contribution in [0, 0.1) is 5.92 Å². The summed E-state index contributed by atoms with van der Waals surface area (Å²) in [5.74, 6) is 1.76. The summed E-state index contributed by atoms with van der Waals surface area (Å²) in [7, 11) is 0. The van der Waals surface area contributed by atoms with Crippen LogP contribution in [0.3, 0.4) is 0 Å². The molecule has 1 N–H and O–H groups in total. The SMILES string of the molecule is CC(C)CNCc1ccoc1CN1CCOC(C)C1. The van der Waals surface area contributed by atoms with E-state index < -0.39 is 0 Å². The van der Waals surface area contributed by atoms with Crippen LogP contribution in [0.25, 0.3) is 0 Å². The third kappa shape index (κ3) is 4.64. The molecule has 1 aliphatic rings. The van der Waals surface area contributed by atoms with E-state index in [4.69, 9.17) is 9.15 Å². The summed E-state index contributed by atoms with van der Waals surface area (Å²) in [6.07, 6.45) is 2.12. The Hall–Kier alpha value is -0.840. The van der Waals surface area contributed by atoms with Crippen molar-refractivity contribution in [3.8, 4) is 0 Å². The van der Waals surface area contributed by atoms with Crippen molar-refractivity contribution in [2.45, 2.75) is 40.0 Å². The van der Waals surface area contributed by atoms with Gasteiger partial charge in [-0.3, -0.25) is 4.90 Å². The minimum absolute atomic E-state index is 0.325. The fourth-order valence-electron chi connectivity index (χ4n) is 2.40. The Bertz CT molecular complexity index is 376. The Morgan fingerprint density at radius 3 is 3.05 bits per heavy atom. The van der Waals surface area contributed by atoms with E-state index >= 15 is 0 Å². The van der Waals surface area contributed by atoms with Crippen molar-refractivity contribution >= 4 is 0 Å². The molecule has 1 aliphatic heterocycles. The second-order valence-electron chi connectivity index (χ2n) is 5.81. The molecule has 0 radical (unpaired) electrons. The van der Waals surface area contributed by atoms with Crippen molar-refractivity contribution in [2.75, 3.05) is 26.2 Å². The molecule has 0 aliphatic carbocycles. The van der Waals surface area contributed by atoms with Crippen molar-refractivity contribution in [1.29, 1.82) is 0 Å². The Kier molecular flexibility index (Phi) is 5.43. The van der Waals surface area contributed by atoms with E-state index in [9.17, 15) is 0 Å². The Balaban J connectivity index is 1.84. The predicted molar refractivity (Wildman–Crippen MR) is 75.9 cm³/mol. The first-order valence-corrected chi connectivity index (χ1v) is 7.25. The summed E-state index contributed by atoms with van der Waals surface area (Å²) in [5, 5.41) is 3.47. The molecule has 1 aromatic heterocycles. The van der Waals surface area contributed by atoms with Gasteiger partial charge in [-0.15, -0.1) is 0 Å². The minimum atomic E-state index is 0.325. The zero-order valence-corrected chi connectivity index (χ0v) is 12.3. The molecule has 108 valence electrons. The third-order valence-electron chi connectivity index (χ3n) is 3.40. The molecule has 0 saturated carbocycles. The quantitative estimate of drug-likeness (QED) is 0.857. The average Bonchev–Trinajstić information content (AvgIpc) is 2.76. The van der Waals surface area contributed by atoms with Crippen LogP contribution in [-0.2, 0) is 17.8 Å². The lowest BCUT2D eigenvalue weighted by Gasteiger charge is -2.30. The maximum absolute atomic E-state index is 5.64. The van der Waals surface area contributed by atoms with Crippen molar-refractivity contribution < 1.29 is 9.15 Å². The van der Waals surface area contributed by atoms with Gasteiger partial charge in [-0.2, -0.15) is 0 Å². The van der Waals surface area contributed by atoms with Crippen molar-refractivity contribution in [3.05, 3.63) is 23.7 Å². The minimum Gasteiger partial charge on any atom is -0.468 e. The Morgan fingerprint density at radius 1 is 1.47 bits per heavy atom. The van der Waals surface area contributed by atoms with Gasteiger partial charge in [0.15, 0.2) is 0 Å². The smallest absolute Gasteiger partial charge is 0.122 e. The molecule has 0 aromatic carbocycles. The molecule has 0 amide bonds. The summed E-state index contributed by atoms with van der Waals surface area (Å²) < 4.78 is 11.2. The molecule has 2 heterocycles. The van der Waals surface area contributed by atoms with Crippen LogP contribution in [0.15, 0.2) is 16.7 Å². The van der Waals surface area contributed by atoms with Gasteiger partial charge in [-0.05, 0) is 25.5 Å². The van der Waals surface area contributed by atoms with Crippen LogP contribution in [0.4, 0.5) is 0 Å². The highest BCUT2D eigenvalue weighted by molar-refractivity contribution is 5.16. The first-order chi connectivity index (χ1) is 9.15. The fourth-order valence-corrected chi connectivity index (χ4v) is 2.40. The van der Waals surface area contributed by atoms with Crippen LogP contribution in [0.2, 0.25) is 0 Å². The zero-order chi connectivity index (χ0) is 13.7. The topological polar surface area (TPSA) is 37.6 Å². The highest BCUT2D eigenvalue weighted by Gasteiger charge is 2.19. The van der Waals surface area contributed by atoms with Crippen LogP contribution < -0.4 is 5.32 Å². The number of rotatable bonds is 6. The van der Waals surface area contributed by atoms with Crippen LogP contribution >= 0.6 is 0 Å². The number of nitrogens with zero attached hydrogens (tertiary/aromatic N) is 1. The molecule has 1 aromatic rings. The molecule has 1 saturated heterocycles. The zero-order valence-electron chi connectivity index (χ0n) is 12.3. The van der Waals surface area contributed by atoms with Crippen LogP contribution in [0.5, 0.6) is 0 Å². The molecule has 0 spiro atoms. The first kappa shape index (κ1) is 14.6. The normalized spacial score (nSPS) is 21.2. The van der Waals surface area contributed by atoms with Gasteiger partial charge in [0.2, 0.25) is 0 Å². The van der Waals surface area contributed by atoms with E-state index in [1.165, 1.54) is 5.56 Å². The number of nitrogens with one attached hydrogen (secondary N) is 1. The molecule has 1 unspecified atom stereocenters. The van der Waals surface area contributed by atoms with Gasteiger partial charge in [0.1, 0.15) is 5.76 Å². The largest absolute Gasteiger partial charge is 0.468 e. The summed E-state index contributed by atoms with van der Waals surface area (Å²) in [4.78, 5) is 2.40. The summed E-state index contributed by atoms with van der Waals surface area (Å²) >= 11 is 0. The van der Waals surface area contributed by atoms with Gasteiger partial charge in [-0.1, -0.05) is 13.8 Å². The summed E-state index contributed by atoms with van der Waals surface area (Å²) in [6.45, 7) is 12.2. The van der Waals surface area contributed by atoms with Gasteiger partial charge in [0.25, 0.3) is 0 Å². The van der Waals surface area contributed by atoms with E-state index in [1.807, 2.05) is 0 Å². The van der Waals surface area contributed by atoms with Crippen molar-refractivity contribution in [1.82, 2.24) is 10.2 Å². The maximum atomic E-state index is 5.64. The van der Waals surface area contributed by atoms with Gasteiger partial charge >= 0.3 is 0 Å². The molecule has 1 atom stereocenters. The molecule has 2 rings (SSSR count). The van der Waals surface area contributed by atoms with E-state index in [0.29, 0.717) is 12.0 Å². The molecule has 19 heavy (non-hydrogen) atoms. The second-order valence-corrected chi connectivity index (χ2v) is 5.81. The summed E-state index contributed by atoms with van der Waals surface area (Å²) in [6, 6.07) is 2.08. The summed E-state index contributed by atoms with van der Waals surface area (Å²) in [5.41, 5.74) is 1.28. The average molecular weight is 266 g/mol. The van der Waals surface area contributed by atoms with E-state index in [2.05, 4.69) is 37.1 Å². The fraction of sp³-hybridized carbons (Fsp3) is 0.733. The van der Waals surface area contributed by atoms with Gasteiger partial charge in [0, 0.05) is 25.2 Å². The number of hydrogen-bond donors (Lipinski definition) is 1. The standard InChI is InChI=1S/C15H26N2O2/c1-12(2)8-16-9-14-4-6-19-15(14)11-17-5-7-18-13(3)10-17/h4,6,12-13,16H,5,7-11H2,1-3H3. The van der Waals surface area contributed by atoms with Crippen molar-refractivity contribution in [3.63, 3.8) is 0 Å². The number of furan rings is 1. The van der Waals surface area contributed by atoms with Crippen LogP contribution in [0.1, 0.15) is 32.1 Å². The molecule has 4 heteroatoms. The predicted octanol–water partition coefficient (Wildman–Crippen LogP) is 2.25. The lowest BCUT2D eigenvalue weighted by molar-refractivity contribution is -0.0232. The first-order valence-electron chi connectivity index (χ1n) is 7.25. The number of hydrogen-bond acceptors (Lipinski definition) is 4. The second kappa shape index (κ2) is 7.08. The highest BCUT2D eigenvalue weighted by Crippen LogP contribution is 2.15. The molecule has 4 nitrogen and oxygen atoms in total. The van der Waals surface area contributed by atoms with Gasteiger partial charge in [0.05, 0.1) is 25.5 Å². The number of ether oxygens (including phenoxy) is 1. The van der Waals surface area contributed by atoms with Gasteiger partial charge < -0.3 is 14.5 Å². The molecular formula is C15H26N2O2.